The van der Waals surface area contributed by atoms with Gasteiger partial charge in [-0.25, -0.2) is 4.79 Å². The van der Waals surface area contributed by atoms with E-state index in [1.807, 2.05) is 12.1 Å². The summed E-state index contributed by atoms with van der Waals surface area (Å²) in [6, 6.07) is 5.57. The fourth-order valence-electron chi connectivity index (χ4n) is 2.54. The van der Waals surface area contributed by atoms with Crippen molar-refractivity contribution in [1.29, 1.82) is 0 Å². The molecule has 98 valence electrons. The molecule has 0 aliphatic carbocycles. The lowest BCUT2D eigenvalue weighted by Crippen LogP contribution is -2.37. The van der Waals surface area contributed by atoms with Crippen LogP contribution in [0.5, 0.6) is 0 Å². The number of benzene rings is 1. The van der Waals surface area contributed by atoms with Crippen LogP contribution in [0.3, 0.4) is 0 Å². The van der Waals surface area contributed by atoms with Crippen LogP contribution < -0.4 is 5.73 Å². The Bertz CT molecular complexity index is 440. The number of hydrogen-bond donors (Lipinski definition) is 3. The summed E-state index contributed by atoms with van der Waals surface area (Å²) in [5.74, 6) is 0.309. The Morgan fingerprint density at radius 3 is 2.61 bits per heavy atom. The van der Waals surface area contributed by atoms with Gasteiger partial charge >= 0.3 is 6.09 Å². The van der Waals surface area contributed by atoms with Crippen LogP contribution in [0.2, 0.25) is 0 Å². The first kappa shape index (κ1) is 12.7. The summed E-state index contributed by atoms with van der Waals surface area (Å²) in [5, 5.41) is 18.3. The third-order valence-electron chi connectivity index (χ3n) is 3.54. The number of piperidine rings is 1. The maximum absolute atomic E-state index is 10.8. The molecule has 0 atom stereocenters. The van der Waals surface area contributed by atoms with Gasteiger partial charge in [-0.2, -0.15) is 0 Å². The zero-order valence-corrected chi connectivity index (χ0v) is 10.2. The molecule has 0 spiro atoms. The topological polar surface area (TPSA) is 86.8 Å². The SMILES string of the molecule is Nc1ccc(C2CCN(C(=O)O)CC2)c(CO)c1. The van der Waals surface area contributed by atoms with E-state index in [0.717, 1.165) is 24.0 Å². The molecule has 18 heavy (non-hydrogen) atoms. The Morgan fingerprint density at radius 1 is 1.39 bits per heavy atom. The van der Waals surface area contributed by atoms with Crippen molar-refractivity contribution in [2.24, 2.45) is 0 Å². The highest BCUT2D eigenvalue weighted by atomic mass is 16.4. The average Bonchev–Trinajstić information content (AvgIpc) is 2.38. The molecule has 0 unspecified atom stereocenters. The highest BCUT2D eigenvalue weighted by Gasteiger charge is 2.24. The second kappa shape index (κ2) is 5.27. The van der Waals surface area contributed by atoms with Crippen LogP contribution in [0.15, 0.2) is 18.2 Å². The van der Waals surface area contributed by atoms with Gasteiger partial charge in [0.1, 0.15) is 0 Å². The van der Waals surface area contributed by atoms with Gasteiger partial charge in [0.25, 0.3) is 0 Å². The van der Waals surface area contributed by atoms with E-state index in [4.69, 9.17) is 10.8 Å². The molecular formula is C13H18N2O3. The van der Waals surface area contributed by atoms with Crippen LogP contribution in [0.1, 0.15) is 29.9 Å². The molecule has 1 aliphatic rings. The Labute approximate surface area is 106 Å². The van der Waals surface area contributed by atoms with Gasteiger partial charge in [-0.15, -0.1) is 0 Å². The maximum atomic E-state index is 10.8. The van der Waals surface area contributed by atoms with Crippen molar-refractivity contribution in [1.82, 2.24) is 4.90 Å². The highest BCUT2D eigenvalue weighted by molar-refractivity contribution is 5.65. The summed E-state index contributed by atoms with van der Waals surface area (Å²) >= 11 is 0. The third-order valence-corrected chi connectivity index (χ3v) is 3.54. The number of aliphatic hydroxyl groups excluding tert-OH is 1. The molecule has 1 aromatic rings. The van der Waals surface area contributed by atoms with E-state index in [9.17, 15) is 9.90 Å². The number of carbonyl (C=O) groups is 1. The van der Waals surface area contributed by atoms with Crippen molar-refractivity contribution in [3.8, 4) is 0 Å². The number of hydrogen-bond acceptors (Lipinski definition) is 3. The van der Waals surface area contributed by atoms with Crippen molar-refractivity contribution in [2.75, 3.05) is 18.8 Å². The molecule has 4 N–H and O–H groups in total. The summed E-state index contributed by atoms with van der Waals surface area (Å²) < 4.78 is 0. The van der Waals surface area contributed by atoms with E-state index >= 15 is 0 Å². The number of carboxylic acid groups (broad SMARTS) is 1. The van der Waals surface area contributed by atoms with Gasteiger partial charge in [0.05, 0.1) is 6.61 Å². The van der Waals surface area contributed by atoms with E-state index < -0.39 is 6.09 Å². The van der Waals surface area contributed by atoms with Crippen LogP contribution in [0.25, 0.3) is 0 Å². The molecule has 1 fully saturated rings. The number of aliphatic hydroxyl groups is 1. The van der Waals surface area contributed by atoms with Crippen molar-refractivity contribution < 1.29 is 15.0 Å². The molecule has 1 saturated heterocycles. The van der Waals surface area contributed by atoms with E-state index in [0.29, 0.717) is 24.7 Å². The zero-order chi connectivity index (χ0) is 13.1. The summed E-state index contributed by atoms with van der Waals surface area (Å²) in [6.07, 6.45) is 0.736. The molecule has 0 aromatic heterocycles. The first-order valence-electron chi connectivity index (χ1n) is 6.09. The summed E-state index contributed by atoms with van der Waals surface area (Å²) in [5.41, 5.74) is 8.29. The van der Waals surface area contributed by atoms with Gasteiger partial charge in [-0.3, -0.25) is 0 Å². The number of nitrogen functional groups attached to an aromatic ring is 1. The summed E-state index contributed by atoms with van der Waals surface area (Å²) in [7, 11) is 0. The molecule has 1 amide bonds. The first-order valence-corrected chi connectivity index (χ1v) is 6.09. The Hall–Kier alpha value is -1.75. The number of likely N-dealkylation sites (tertiary alicyclic amines) is 1. The monoisotopic (exact) mass is 250 g/mol. The lowest BCUT2D eigenvalue weighted by molar-refractivity contribution is 0.132. The predicted molar refractivity (Wildman–Crippen MR) is 68.4 cm³/mol. The predicted octanol–water partition coefficient (Wildman–Crippen LogP) is 1.62. The van der Waals surface area contributed by atoms with Gasteiger partial charge in [0, 0.05) is 18.8 Å². The normalized spacial score (nSPS) is 16.8. The Morgan fingerprint density at radius 2 is 2.06 bits per heavy atom. The van der Waals surface area contributed by atoms with Crippen LogP contribution in [0, 0.1) is 0 Å². The van der Waals surface area contributed by atoms with Crippen LogP contribution >= 0.6 is 0 Å². The van der Waals surface area contributed by atoms with Gasteiger partial charge < -0.3 is 20.8 Å². The quantitative estimate of drug-likeness (QED) is 0.696. The smallest absolute Gasteiger partial charge is 0.407 e. The molecule has 1 aromatic carbocycles. The van der Waals surface area contributed by atoms with E-state index in [2.05, 4.69) is 0 Å². The molecule has 0 bridgehead atoms. The standard InChI is InChI=1S/C13H18N2O3/c14-11-1-2-12(10(7-11)8-16)9-3-5-15(6-4-9)13(17)18/h1-2,7,9,16H,3-6,8,14H2,(H,17,18). The van der Waals surface area contributed by atoms with Crippen LogP contribution in [0.4, 0.5) is 10.5 Å². The third kappa shape index (κ3) is 2.56. The minimum Gasteiger partial charge on any atom is -0.465 e. The van der Waals surface area contributed by atoms with Crippen LogP contribution in [-0.4, -0.2) is 34.3 Å². The van der Waals surface area contributed by atoms with E-state index in [1.54, 1.807) is 6.07 Å². The molecule has 2 rings (SSSR count). The molecular weight excluding hydrogens is 232 g/mol. The second-order valence-corrected chi connectivity index (χ2v) is 4.66. The average molecular weight is 250 g/mol. The highest BCUT2D eigenvalue weighted by Crippen LogP contribution is 2.31. The van der Waals surface area contributed by atoms with E-state index in [-0.39, 0.29) is 6.61 Å². The Balaban J connectivity index is 2.12. The second-order valence-electron chi connectivity index (χ2n) is 4.66. The number of nitrogens with two attached hydrogens (primary N) is 1. The fraction of sp³-hybridized carbons (Fsp3) is 0.462. The summed E-state index contributed by atoms with van der Waals surface area (Å²) in [4.78, 5) is 12.3. The maximum Gasteiger partial charge on any atom is 0.407 e. The molecule has 5 heteroatoms. The van der Waals surface area contributed by atoms with Gasteiger partial charge in [0.2, 0.25) is 0 Å². The molecule has 0 radical (unpaired) electrons. The van der Waals surface area contributed by atoms with Crippen molar-refractivity contribution in [2.45, 2.75) is 25.4 Å². The number of rotatable bonds is 2. The van der Waals surface area contributed by atoms with Gasteiger partial charge in [-0.1, -0.05) is 6.07 Å². The molecule has 1 heterocycles. The van der Waals surface area contributed by atoms with Crippen LogP contribution in [-0.2, 0) is 6.61 Å². The Kier molecular flexibility index (Phi) is 3.72. The van der Waals surface area contributed by atoms with Gasteiger partial charge in [-0.05, 0) is 42.0 Å². The van der Waals surface area contributed by atoms with Gasteiger partial charge in [0.15, 0.2) is 0 Å². The largest absolute Gasteiger partial charge is 0.465 e. The lowest BCUT2D eigenvalue weighted by atomic mass is 9.86. The summed E-state index contributed by atoms with van der Waals surface area (Å²) in [6.45, 7) is 1.07. The van der Waals surface area contributed by atoms with Crippen molar-refractivity contribution in [3.63, 3.8) is 0 Å². The lowest BCUT2D eigenvalue weighted by Gasteiger charge is -2.31. The van der Waals surface area contributed by atoms with E-state index in [1.165, 1.54) is 4.90 Å². The van der Waals surface area contributed by atoms with Crippen molar-refractivity contribution >= 4 is 11.8 Å². The first-order chi connectivity index (χ1) is 8.61. The molecule has 0 saturated carbocycles. The minimum atomic E-state index is -0.854. The fourth-order valence-corrected chi connectivity index (χ4v) is 2.54. The molecule has 5 nitrogen and oxygen atoms in total. The number of amides is 1. The minimum absolute atomic E-state index is 0.0283. The molecule has 1 aliphatic heterocycles. The number of anilines is 1. The van der Waals surface area contributed by atoms with Crippen molar-refractivity contribution in [3.05, 3.63) is 29.3 Å². The zero-order valence-electron chi connectivity index (χ0n) is 10.2. The number of nitrogens with zero attached hydrogens (tertiary/aromatic N) is 1.